The third-order valence-corrected chi connectivity index (χ3v) is 5.71. The molecule has 1 amide bonds. The highest BCUT2D eigenvalue weighted by molar-refractivity contribution is 7.16. The van der Waals surface area contributed by atoms with Crippen molar-refractivity contribution in [3.8, 4) is 0 Å². The SMILES string of the molecule is CNc1sc2c(c1C(=O)NCC1CCC1)CCCC2. The fourth-order valence-corrected chi connectivity index (χ4v) is 4.24. The van der Waals surface area contributed by atoms with Crippen LogP contribution in [0.5, 0.6) is 0 Å². The average molecular weight is 278 g/mol. The number of amides is 1. The summed E-state index contributed by atoms with van der Waals surface area (Å²) in [5.74, 6) is 0.854. The Hall–Kier alpha value is -1.03. The van der Waals surface area contributed by atoms with Crippen molar-refractivity contribution in [1.29, 1.82) is 0 Å². The second-order valence-corrected chi connectivity index (χ2v) is 6.78. The molecule has 0 bridgehead atoms. The predicted octanol–water partition coefficient (Wildman–Crippen LogP) is 3.20. The zero-order valence-corrected chi connectivity index (χ0v) is 12.4. The van der Waals surface area contributed by atoms with Crippen LogP contribution in [0.25, 0.3) is 0 Å². The number of hydrogen-bond acceptors (Lipinski definition) is 3. The second kappa shape index (κ2) is 5.53. The van der Waals surface area contributed by atoms with E-state index in [4.69, 9.17) is 0 Å². The Balaban J connectivity index is 1.77. The minimum Gasteiger partial charge on any atom is -0.379 e. The number of hydrogen-bond donors (Lipinski definition) is 2. The van der Waals surface area contributed by atoms with Crippen LogP contribution >= 0.6 is 11.3 Å². The standard InChI is InChI=1S/C15H22N2OS/c1-16-15-13(11-7-2-3-8-12(11)19-15)14(18)17-9-10-5-4-6-10/h10,16H,2-9H2,1H3,(H,17,18). The van der Waals surface area contributed by atoms with Crippen molar-refractivity contribution in [1.82, 2.24) is 5.32 Å². The molecule has 0 atom stereocenters. The Morgan fingerprint density at radius 2 is 2.05 bits per heavy atom. The van der Waals surface area contributed by atoms with E-state index in [1.54, 1.807) is 11.3 Å². The molecule has 0 aliphatic heterocycles. The lowest BCUT2D eigenvalue weighted by Gasteiger charge is -2.25. The van der Waals surface area contributed by atoms with Gasteiger partial charge in [-0.25, -0.2) is 0 Å². The molecule has 4 heteroatoms. The number of thiophene rings is 1. The molecule has 0 aromatic carbocycles. The number of anilines is 1. The monoisotopic (exact) mass is 278 g/mol. The van der Waals surface area contributed by atoms with Gasteiger partial charge in [0, 0.05) is 18.5 Å². The van der Waals surface area contributed by atoms with Gasteiger partial charge in [0.1, 0.15) is 5.00 Å². The first-order valence-electron chi connectivity index (χ1n) is 7.40. The molecule has 104 valence electrons. The molecule has 0 spiro atoms. The summed E-state index contributed by atoms with van der Waals surface area (Å²) >= 11 is 1.77. The zero-order chi connectivity index (χ0) is 13.2. The summed E-state index contributed by atoms with van der Waals surface area (Å²) in [4.78, 5) is 13.9. The van der Waals surface area contributed by atoms with Crippen molar-refractivity contribution < 1.29 is 4.79 Å². The second-order valence-electron chi connectivity index (χ2n) is 5.67. The molecule has 3 nitrogen and oxygen atoms in total. The van der Waals surface area contributed by atoms with Crippen molar-refractivity contribution in [3.63, 3.8) is 0 Å². The lowest BCUT2D eigenvalue weighted by atomic mass is 9.85. The van der Waals surface area contributed by atoms with Gasteiger partial charge in [-0.15, -0.1) is 11.3 Å². The van der Waals surface area contributed by atoms with E-state index >= 15 is 0 Å². The molecular weight excluding hydrogens is 256 g/mol. The Bertz CT molecular complexity index is 477. The van der Waals surface area contributed by atoms with Gasteiger partial charge in [-0.2, -0.15) is 0 Å². The molecule has 1 aromatic heterocycles. The molecule has 2 aliphatic carbocycles. The van der Waals surface area contributed by atoms with Gasteiger partial charge in [-0.05, 0) is 50.0 Å². The van der Waals surface area contributed by atoms with Crippen LogP contribution in [0.1, 0.15) is 52.9 Å². The molecule has 1 fully saturated rings. The highest BCUT2D eigenvalue weighted by Gasteiger charge is 2.26. The van der Waals surface area contributed by atoms with Crippen LogP contribution in [0, 0.1) is 5.92 Å². The van der Waals surface area contributed by atoms with Gasteiger partial charge in [0.2, 0.25) is 0 Å². The maximum atomic E-state index is 12.5. The highest BCUT2D eigenvalue weighted by atomic mass is 32.1. The van der Waals surface area contributed by atoms with E-state index in [1.807, 2.05) is 7.05 Å². The summed E-state index contributed by atoms with van der Waals surface area (Å²) in [5, 5.41) is 7.40. The van der Waals surface area contributed by atoms with Gasteiger partial charge >= 0.3 is 0 Å². The maximum absolute atomic E-state index is 12.5. The maximum Gasteiger partial charge on any atom is 0.254 e. The normalized spacial score (nSPS) is 18.6. The molecule has 19 heavy (non-hydrogen) atoms. The smallest absolute Gasteiger partial charge is 0.254 e. The lowest BCUT2D eigenvalue weighted by molar-refractivity contribution is 0.0939. The molecule has 1 saturated carbocycles. The Morgan fingerprint density at radius 3 is 2.74 bits per heavy atom. The summed E-state index contributed by atoms with van der Waals surface area (Å²) in [5.41, 5.74) is 2.24. The van der Waals surface area contributed by atoms with Crippen LogP contribution < -0.4 is 10.6 Å². The van der Waals surface area contributed by atoms with Crippen LogP contribution in [0.4, 0.5) is 5.00 Å². The minimum atomic E-state index is 0.135. The summed E-state index contributed by atoms with van der Waals surface area (Å²) < 4.78 is 0. The molecule has 1 heterocycles. The molecule has 0 radical (unpaired) electrons. The van der Waals surface area contributed by atoms with Gasteiger partial charge in [-0.1, -0.05) is 6.42 Å². The van der Waals surface area contributed by atoms with E-state index in [0.717, 1.165) is 35.9 Å². The number of carbonyl (C=O) groups excluding carboxylic acids is 1. The van der Waals surface area contributed by atoms with Crippen LogP contribution in [0.15, 0.2) is 0 Å². The van der Waals surface area contributed by atoms with E-state index in [9.17, 15) is 4.79 Å². The van der Waals surface area contributed by atoms with Crippen molar-refractivity contribution in [2.45, 2.75) is 44.9 Å². The third-order valence-electron chi connectivity index (χ3n) is 4.40. The fraction of sp³-hybridized carbons (Fsp3) is 0.667. The first kappa shape index (κ1) is 13.0. The summed E-state index contributed by atoms with van der Waals surface area (Å²) in [6.07, 6.45) is 8.58. The van der Waals surface area contributed by atoms with Gasteiger partial charge in [0.25, 0.3) is 5.91 Å². The quantitative estimate of drug-likeness (QED) is 0.888. The molecular formula is C15H22N2OS. The largest absolute Gasteiger partial charge is 0.379 e. The molecule has 0 saturated heterocycles. The fourth-order valence-electron chi connectivity index (χ4n) is 3.00. The Morgan fingerprint density at radius 1 is 1.26 bits per heavy atom. The molecule has 2 N–H and O–H groups in total. The lowest BCUT2D eigenvalue weighted by Crippen LogP contribution is -2.32. The molecule has 2 aliphatic rings. The third kappa shape index (κ3) is 2.50. The number of nitrogens with one attached hydrogen (secondary N) is 2. The Labute approximate surface area is 118 Å². The van der Waals surface area contributed by atoms with E-state index in [1.165, 1.54) is 42.5 Å². The number of fused-ring (bicyclic) bond motifs is 1. The number of aryl methyl sites for hydroxylation is 1. The first-order chi connectivity index (χ1) is 9.29. The van der Waals surface area contributed by atoms with Gasteiger partial charge in [0.05, 0.1) is 5.56 Å². The molecule has 3 rings (SSSR count). The Kier molecular flexibility index (Phi) is 3.78. The van der Waals surface area contributed by atoms with E-state index in [0.29, 0.717) is 0 Å². The van der Waals surface area contributed by atoms with Crippen LogP contribution in [0.2, 0.25) is 0 Å². The van der Waals surface area contributed by atoms with Gasteiger partial charge in [0.15, 0.2) is 0 Å². The van der Waals surface area contributed by atoms with E-state index < -0.39 is 0 Å². The number of carbonyl (C=O) groups is 1. The molecule has 1 aromatic rings. The van der Waals surface area contributed by atoms with Crippen LogP contribution in [-0.4, -0.2) is 19.5 Å². The van der Waals surface area contributed by atoms with Crippen molar-refractivity contribution >= 4 is 22.2 Å². The van der Waals surface area contributed by atoms with Crippen LogP contribution in [0.3, 0.4) is 0 Å². The van der Waals surface area contributed by atoms with Crippen molar-refractivity contribution in [3.05, 3.63) is 16.0 Å². The minimum absolute atomic E-state index is 0.135. The van der Waals surface area contributed by atoms with Gasteiger partial charge < -0.3 is 10.6 Å². The van der Waals surface area contributed by atoms with E-state index in [-0.39, 0.29) is 5.91 Å². The summed E-state index contributed by atoms with van der Waals surface area (Å²) in [6, 6.07) is 0. The summed E-state index contributed by atoms with van der Waals surface area (Å²) in [6.45, 7) is 0.854. The van der Waals surface area contributed by atoms with Crippen molar-refractivity contribution in [2.24, 2.45) is 5.92 Å². The van der Waals surface area contributed by atoms with Crippen LogP contribution in [-0.2, 0) is 12.8 Å². The number of rotatable bonds is 4. The molecule has 0 unspecified atom stereocenters. The zero-order valence-electron chi connectivity index (χ0n) is 11.6. The van der Waals surface area contributed by atoms with Crippen molar-refractivity contribution in [2.75, 3.05) is 18.9 Å². The summed E-state index contributed by atoms with van der Waals surface area (Å²) in [7, 11) is 1.92. The predicted molar refractivity (Wildman–Crippen MR) is 80.2 cm³/mol. The first-order valence-corrected chi connectivity index (χ1v) is 8.21. The topological polar surface area (TPSA) is 41.1 Å². The highest BCUT2D eigenvalue weighted by Crippen LogP contribution is 2.37. The van der Waals surface area contributed by atoms with Gasteiger partial charge in [-0.3, -0.25) is 4.79 Å². The average Bonchev–Trinajstić information content (AvgIpc) is 2.75. The van der Waals surface area contributed by atoms with E-state index in [2.05, 4.69) is 10.6 Å².